The molecule has 0 aromatic carbocycles. The molecule has 116 valence electrons. The van der Waals surface area contributed by atoms with Gasteiger partial charge in [0.2, 0.25) is 10.0 Å². The van der Waals surface area contributed by atoms with E-state index in [9.17, 15) is 8.42 Å². The van der Waals surface area contributed by atoms with Crippen LogP contribution in [0.4, 0.5) is 0 Å². The second-order valence-corrected chi connectivity index (χ2v) is 9.09. The van der Waals surface area contributed by atoms with Crippen LogP contribution in [0.25, 0.3) is 0 Å². The number of sulfonamides is 1. The van der Waals surface area contributed by atoms with Gasteiger partial charge in [-0.25, -0.2) is 8.42 Å². The molecule has 0 saturated heterocycles. The number of nitrogens with zero attached hydrogens (tertiary/aromatic N) is 1. The molecule has 6 heteroatoms. The monoisotopic (exact) mass is 318 g/mol. The molecule has 0 amide bonds. The first kappa shape index (κ1) is 17.6. The maximum Gasteiger partial charge on any atom is 0.243 e. The highest BCUT2D eigenvalue weighted by molar-refractivity contribution is 7.89. The van der Waals surface area contributed by atoms with E-state index in [1.165, 1.54) is 15.6 Å². The molecule has 0 aliphatic carbocycles. The van der Waals surface area contributed by atoms with Crippen molar-refractivity contribution in [3.8, 4) is 0 Å². The van der Waals surface area contributed by atoms with E-state index in [2.05, 4.69) is 5.32 Å². The minimum absolute atomic E-state index is 0.0652. The minimum Gasteiger partial charge on any atom is -0.312 e. The highest BCUT2D eigenvalue weighted by Crippen LogP contribution is 2.29. The molecule has 0 radical (unpaired) electrons. The molecule has 20 heavy (non-hydrogen) atoms. The summed E-state index contributed by atoms with van der Waals surface area (Å²) in [4.78, 5) is 1.44. The lowest BCUT2D eigenvalue weighted by molar-refractivity contribution is 0.216. The lowest BCUT2D eigenvalue weighted by Crippen LogP contribution is -2.42. The molecule has 1 atom stereocenters. The van der Waals surface area contributed by atoms with Crippen LogP contribution in [0.1, 0.15) is 39.5 Å². The molecule has 1 heterocycles. The second-order valence-electron chi connectivity index (χ2n) is 6.09. The Morgan fingerprint density at radius 3 is 2.50 bits per heavy atom. The van der Waals surface area contributed by atoms with Crippen LogP contribution in [0, 0.1) is 5.41 Å². The Hall–Kier alpha value is -0.430. The summed E-state index contributed by atoms with van der Waals surface area (Å²) >= 11 is 1.48. The van der Waals surface area contributed by atoms with Crippen molar-refractivity contribution >= 4 is 21.4 Å². The van der Waals surface area contributed by atoms with Gasteiger partial charge in [0.1, 0.15) is 0 Å². The summed E-state index contributed by atoms with van der Waals surface area (Å²) in [6, 6.07) is 1.71. The number of nitrogens with one attached hydrogen (secondary N) is 1. The largest absolute Gasteiger partial charge is 0.312 e. The standard InChI is InChI=1S/C14H26N2O2S2/c1-7-15-9-12-8-13(10-19-12)20(17,18)16(6)11(2)14(3,4)5/h8,10-11,15H,7,9H2,1-6H3. The van der Waals surface area contributed by atoms with Crippen molar-refractivity contribution in [1.82, 2.24) is 9.62 Å². The van der Waals surface area contributed by atoms with Crippen LogP contribution in [-0.2, 0) is 16.6 Å². The number of hydrogen-bond acceptors (Lipinski definition) is 4. The molecular weight excluding hydrogens is 292 g/mol. The molecule has 1 aromatic rings. The third kappa shape index (κ3) is 4.04. The Balaban J connectivity index is 2.96. The fraction of sp³-hybridized carbons (Fsp3) is 0.714. The Kier molecular flexibility index (Phi) is 5.78. The SMILES string of the molecule is CCNCc1cc(S(=O)(=O)N(C)C(C)C(C)(C)C)cs1. The molecule has 0 saturated carbocycles. The van der Waals surface area contributed by atoms with Crippen LogP contribution >= 0.6 is 11.3 Å². The maximum absolute atomic E-state index is 12.6. The van der Waals surface area contributed by atoms with Gasteiger partial charge in [0, 0.05) is 29.9 Å². The van der Waals surface area contributed by atoms with Crippen LogP contribution in [0.3, 0.4) is 0 Å². The Morgan fingerprint density at radius 1 is 1.40 bits per heavy atom. The summed E-state index contributed by atoms with van der Waals surface area (Å²) in [6.07, 6.45) is 0. The summed E-state index contributed by atoms with van der Waals surface area (Å²) < 4.78 is 26.7. The zero-order valence-electron chi connectivity index (χ0n) is 13.2. The van der Waals surface area contributed by atoms with Crippen molar-refractivity contribution in [1.29, 1.82) is 0 Å². The van der Waals surface area contributed by atoms with Crippen molar-refractivity contribution in [2.75, 3.05) is 13.6 Å². The number of hydrogen-bond donors (Lipinski definition) is 1. The zero-order valence-corrected chi connectivity index (χ0v) is 14.9. The molecule has 1 unspecified atom stereocenters. The van der Waals surface area contributed by atoms with Crippen molar-refractivity contribution < 1.29 is 8.42 Å². The third-order valence-electron chi connectivity index (χ3n) is 3.65. The molecule has 1 rings (SSSR count). The molecule has 0 aliphatic heterocycles. The van der Waals surface area contributed by atoms with E-state index in [1.807, 2.05) is 34.6 Å². The van der Waals surface area contributed by atoms with Gasteiger partial charge in [-0.05, 0) is 24.9 Å². The van der Waals surface area contributed by atoms with Crippen LogP contribution < -0.4 is 5.32 Å². The van der Waals surface area contributed by atoms with Crippen LogP contribution in [0.15, 0.2) is 16.3 Å². The first-order valence-corrected chi connectivity index (χ1v) is 9.18. The van der Waals surface area contributed by atoms with E-state index >= 15 is 0 Å². The summed E-state index contributed by atoms with van der Waals surface area (Å²) in [6.45, 7) is 11.7. The summed E-state index contributed by atoms with van der Waals surface area (Å²) in [5, 5.41) is 4.94. The Labute approximate surface area is 127 Å². The minimum atomic E-state index is -3.41. The maximum atomic E-state index is 12.6. The van der Waals surface area contributed by atoms with E-state index in [0.717, 1.165) is 18.0 Å². The smallest absolute Gasteiger partial charge is 0.243 e. The highest BCUT2D eigenvalue weighted by Gasteiger charge is 2.32. The van der Waals surface area contributed by atoms with E-state index in [4.69, 9.17) is 0 Å². The number of rotatable bonds is 6. The van der Waals surface area contributed by atoms with E-state index in [-0.39, 0.29) is 11.5 Å². The van der Waals surface area contributed by atoms with E-state index in [0.29, 0.717) is 4.90 Å². The molecular formula is C14H26N2O2S2. The lowest BCUT2D eigenvalue weighted by Gasteiger charge is -2.34. The first-order chi connectivity index (χ1) is 9.10. The van der Waals surface area contributed by atoms with Gasteiger partial charge in [0.15, 0.2) is 0 Å². The van der Waals surface area contributed by atoms with Crippen LogP contribution in [0.5, 0.6) is 0 Å². The highest BCUT2D eigenvalue weighted by atomic mass is 32.2. The average Bonchev–Trinajstić information content (AvgIpc) is 2.82. The Morgan fingerprint density at radius 2 is 2.00 bits per heavy atom. The van der Waals surface area contributed by atoms with Crippen molar-refractivity contribution in [2.45, 2.75) is 52.1 Å². The molecule has 4 nitrogen and oxygen atoms in total. The normalized spacial score (nSPS) is 14.8. The van der Waals surface area contributed by atoms with E-state index in [1.54, 1.807) is 18.5 Å². The summed E-state index contributed by atoms with van der Waals surface area (Å²) in [5.74, 6) is 0. The van der Waals surface area contributed by atoms with Gasteiger partial charge in [-0.2, -0.15) is 4.31 Å². The summed E-state index contributed by atoms with van der Waals surface area (Å²) in [5.41, 5.74) is -0.0928. The van der Waals surface area contributed by atoms with Gasteiger partial charge >= 0.3 is 0 Å². The first-order valence-electron chi connectivity index (χ1n) is 6.87. The molecule has 0 aliphatic rings. The van der Waals surface area contributed by atoms with Crippen LogP contribution in [-0.4, -0.2) is 32.4 Å². The third-order valence-corrected chi connectivity index (χ3v) is 6.65. The average molecular weight is 319 g/mol. The second kappa shape index (κ2) is 6.56. The van der Waals surface area contributed by atoms with Crippen LogP contribution in [0.2, 0.25) is 0 Å². The van der Waals surface area contributed by atoms with E-state index < -0.39 is 10.0 Å². The quantitative estimate of drug-likeness (QED) is 0.877. The van der Waals surface area contributed by atoms with Gasteiger partial charge in [-0.1, -0.05) is 27.7 Å². The van der Waals surface area contributed by atoms with Crippen molar-refractivity contribution in [3.05, 3.63) is 16.3 Å². The predicted molar refractivity (Wildman–Crippen MR) is 85.6 cm³/mol. The topological polar surface area (TPSA) is 49.4 Å². The van der Waals surface area contributed by atoms with Gasteiger partial charge in [-0.3, -0.25) is 0 Å². The lowest BCUT2D eigenvalue weighted by atomic mass is 9.88. The molecule has 0 bridgehead atoms. The fourth-order valence-corrected chi connectivity index (χ4v) is 4.53. The molecule has 1 aromatic heterocycles. The Bertz CT molecular complexity index is 530. The van der Waals surface area contributed by atoms with Gasteiger partial charge in [-0.15, -0.1) is 11.3 Å². The van der Waals surface area contributed by atoms with Gasteiger partial charge < -0.3 is 5.32 Å². The fourth-order valence-electron chi connectivity index (χ4n) is 1.76. The van der Waals surface area contributed by atoms with Gasteiger partial charge in [0.25, 0.3) is 0 Å². The van der Waals surface area contributed by atoms with Crippen molar-refractivity contribution in [3.63, 3.8) is 0 Å². The van der Waals surface area contributed by atoms with Gasteiger partial charge in [0.05, 0.1) is 4.90 Å². The van der Waals surface area contributed by atoms with Crippen molar-refractivity contribution in [2.24, 2.45) is 5.41 Å². The zero-order chi connectivity index (χ0) is 15.6. The molecule has 0 spiro atoms. The molecule has 0 fully saturated rings. The molecule has 1 N–H and O–H groups in total. The number of thiophene rings is 1. The summed E-state index contributed by atoms with van der Waals surface area (Å²) in [7, 11) is -1.75. The predicted octanol–water partition coefficient (Wildman–Crippen LogP) is 2.91.